The lowest BCUT2D eigenvalue weighted by Crippen LogP contribution is -2.46. The van der Waals surface area contributed by atoms with E-state index in [1.807, 2.05) is 6.26 Å². The molecule has 1 aliphatic heterocycles. The summed E-state index contributed by atoms with van der Waals surface area (Å²) >= 11 is 1.44. The molecule has 2 fully saturated rings. The number of aromatic nitrogens is 2. The Morgan fingerprint density at radius 3 is 2.54 bits per heavy atom. The first-order valence-electron chi connectivity index (χ1n) is 8.00. The molecule has 1 saturated heterocycles. The quantitative estimate of drug-likeness (QED) is 0.575. The number of anilines is 1. The summed E-state index contributed by atoms with van der Waals surface area (Å²) in [4.78, 5) is 10.7. The van der Waals surface area contributed by atoms with E-state index >= 15 is 0 Å². The van der Waals surface area contributed by atoms with Gasteiger partial charge in [0.15, 0.2) is 11.0 Å². The third kappa shape index (κ3) is 3.36. The van der Waals surface area contributed by atoms with E-state index in [1.54, 1.807) is 17.5 Å². The maximum Gasteiger partial charge on any atom is 0.216 e. The Bertz CT molecular complexity index is 750. The van der Waals surface area contributed by atoms with Gasteiger partial charge < -0.3 is 4.90 Å². The standard InChI is InChI=1S/C15H21N5O2S2/c1-19(24(21,22)13-3-4-13)12-5-7-20(8-6-12)14-11(9-16)10-17-15(18-14)23-2/h10,12-13H,3-8H2,1-2H3. The number of sulfonamides is 1. The maximum atomic E-state index is 12.4. The molecule has 0 atom stereocenters. The van der Waals surface area contributed by atoms with Crippen LogP contribution in [0.15, 0.2) is 11.4 Å². The number of thioether (sulfide) groups is 1. The van der Waals surface area contributed by atoms with Gasteiger partial charge in [0, 0.05) is 26.2 Å². The van der Waals surface area contributed by atoms with Crippen LogP contribution in [0, 0.1) is 11.3 Å². The summed E-state index contributed by atoms with van der Waals surface area (Å²) in [6.07, 6.45) is 6.52. The molecule has 1 aromatic heterocycles. The molecule has 24 heavy (non-hydrogen) atoms. The Hall–Kier alpha value is -1.37. The molecule has 0 unspecified atom stereocenters. The van der Waals surface area contributed by atoms with Crippen LogP contribution >= 0.6 is 11.8 Å². The first-order chi connectivity index (χ1) is 11.5. The number of hydrogen-bond acceptors (Lipinski definition) is 7. The zero-order valence-corrected chi connectivity index (χ0v) is 15.5. The average molecular weight is 368 g/mol. The second-order valence-corrected chi connectivity index (χ2v) is 9.23. The third-order valence-electron chi connectivity index (χ3n) is 4.67. The van der Waals surface area contributed by atoms with Gasteiger partial charge in [-0.2, -0.15) is 5.26 Å². The minimum absolute atomic E-state index is 0.0271. The van der Waals surface area contributed by atoms with Gasteiger partial charge in [0.05, 0.1) is 11.4 Å². The van der Waals surface area contributed by atoms with Crippen molar-refractivity contribution in [2.75, 3.05) is 31.3 Å². The van der Waals surface area contributed by atoms with E-state index in [4.69, 9.17) is 0 Å². The number of rotatable bonds is 5. The molecule has 9 heteroatoms. The molecule has 1 aliphatic carbocycles. The van der Waals surface area contributed by atoms with Gasteiger partial charge in [0.2, 0.25) is 10.0 Å². The summed E-state index contributed by atoms with van der Waals surface area (Å²) in [5.41, 5.74) is 0.463. The lowest BCUT2D eigenvalue weighted by atomic mass is 10.1. The molecule has 2 heterocycles. The van der Waals surface area contributed by atoms with Crippen molar-refractivity contribution in [1.29, 1.82) is 5.26 Å². The molecule has 3 rings (SSSR count). The molecule has 0 spiro atoms. The number of hydrogen-bond donors (Lipinski definition) is 0. The lowest BCUT2D eigenvalue weighted by Gasteiger charge is -2.37. The molecule has 7 nitrogen and oxygen atoms in total. The van der Waals surface area contributed by atoms with Crippen molar-refractivity contribution in [3.63, 3.8) is 0 Å². The molecule has 0 radical (unpaired) electrons. The molecule has 1 saturated carbocycles. The highest BCUT2D eigenvalue weighted by Gasteiger charge is 2.41. The average Bonchev–Trinajstić information content (AvgIpc) is 3.46. The minimum atomic E-state index is -3.14. The van der Waals surface area contributed by atoms with Crippen molar-refractivity contribution in [2.24, 2.45) is 0 Å². The Morgan fingerprint density at radius 1 is 1.33 bits per heavy atom. The van der Waals surface area contributed by atoms with Gasteiger partial charge >= 0.3 is 0 Å². The molecular formula is C15H21N5O2S2. The molecule has 1 aromatic rings. The highest BCUT2D eigenvalue weighted by atomic mass is 32.2. The fourth-order valence-electron chi connectivity index (χ4n) is 3.03. The van der Waals surface area contributed by atoms with E-state index in [2.05, 4.69) is 20.9 Å². The van der Waals surface area contributed by atoms with E-state index in [0.29, 0.717) is 29.6 Å². The fourth-order valence-corrected chi connectivity index (χ4v) is 5.19. The lowest BCUT2D eigenvalue weighted by molar-refractivity contribution is 0.311. The Labute approximate surface area is 147 Å². The SMILES string of the molecule is CSc1ncc(C#N)c(N2CCC(N(C)S(=O)(=O)C3CC3)CC2)n1. The second kappa shape index (κ2) is 6.86. The van der Waals surface area contributed by atoms with Crippen molar-refractivity contribution >= 4 is 27.6 Å². The number of nitrogens with zero attached hydrogens (tertiary/aromatic N) is 5. The monoisotopic (exact) mass is 367 g/mol. The van der Waals surface area contributed by atoms with Crippen molar-refractivity contribution in [3.05, 3.63) is 11.8 Å². The van der Waals surface area contributed by atoms with Gasteiger partial charge in [-0.3, -0.25) is 0 Å². The zero-order chi connectivity index (χ0) is 17.3. The van der Waals surface area contributed by atoms with Crippen LogP contribution in [-0.4, -0.2) is 60.4 Å². The van der Waals surface area contributed by atoms with Crippen LogP contribution in [0.5, 0.6) is 0 Å². The molecule has 0 amide bonds. The van der Waals surface area contributed by atoms with Crippen LogP contribution in [0.2, 0.25) is 0 Å². The predicted molar refractivity (Wildman–Crippen MR) is 93.5 cm³/mol. The van der Waals surface area contributed by atoms with E-state index in [-0.39, 0.29) is 11.3 Å². The maximum absolute atomic E-state index is 12.4. The predicted octanol–water partition coefficient (Wildman–Crippen LogP) is 1.46. The highest BCUT2D eigenvalue weighted by molar-refractivity contribution is 7.98. The molecule has 0 aromatic carbocycles. The molecule has 2 aliphatic rings. The highest BCUT2D eigenvalue weighted by Crippen LogP contribution is 2.33. The first-order valence-corrected chi connectivity index (χ1v) is 10.7. The molecule has 130 valence electrons. The van der Waals surface area contributed by atoms with Crippen molar-refractivity contribution < 1.29 is 8.42 Å². The summed E-state index contributed by atoms with van der Waals surface area (Å²) in [6.45, 7) is 1.38. The van der Waals surface area contributed by atoms with Gasteiger partial charge in [-0.15, -0.1) is 0 Å². The van der Waals surface area contributed by atoms with E-state index in [9.17, 15) is 13.7 Å². The van der Waals surface area contributed by atoms with Crippen molar-refractivity contribution in [2.45, 2.75) is 42.1 Å². The van der Waals surface area contributed by atoms with Crippen LogP contribution in [-0.2, 0) is 10.0 Å². The van der Waals surface area contributed by atoms with E-state index in [1.165, 1.54) is 11.8 Å². The molecular weight excluding hydrogens is 346 g/mol. The summed E-state index contributed by atoms with van der Waals surface area (Å²) in [6, 6.07) is 2.17. The van der Waals surface area contributed by atoms with Crippen LogP contribution in [0.1, 0.15) is 31.2 Å². The Kier molecular flexibility index (Phi) is 4.99. The summed E-state index contributed by atoms with van der Waals surface area (Å²) in [5, 5.41) is 9.75. The van der Waals surface area contributed by atoms with Gasteiger partial charge in [-0.05, 0) is 31.9 Å². The largest absolute Gasteiger partial charge is 0.355 e. The van der Waals surface area contributed by atoms with Gasteiger partial charge in [-0.25, -0.2) is 22.7 Å². The van der Waals surface area contributed by atoms with Crippen LogP contribution in [0.25, 0.3) is 0 Å². The molecule has 0 bridgehead atoms. The fraction of sp³-hybridized carbons (Fsp3) is 0.667. The smallest absolute Gasteiger partial charge is 0.216 e. The number of nitriles is 1. The summed E-state index contributed by atoms with van der Waals surface area (Å²) < 4.78 is 26.3. The Morgan fingerprint density at radius 2 is 2.00 bits per heavy atom. The number of piperidine rings is 1. The second-order valence-electron chi connectivity index (χ2n) is 6.18. The summed E-state index contributed by atoms with van der Waals surface area (Å²) in [5.74, 6) is 0.656. The minimum Gasteiger partial charge on any atom is -0.355 e. The third-order valence-corrected chi connectivity index (χ3v) is 7.65. The van der Waals surface area contributed by atoms with Gasteiger partial charge in [0.1, 0.15) is 11.6 Å². The topological polar surface area (TPSA) is 90.2 Å². The van der Waals surface area contributed by atoms with Gasteiger partial charge in [-0.1, -0.05) is 11.8 Å². The van der Waals surface area contributed by atoms with E-state index in [0.717, 1.165) is 25.7 Å². The Balaban J connectivity index is 1.70. The van der Waals surface area contributed by atoms with Crippen LogP contribution < -0.4 is 4.90 Å². The van der Waals surface area contributed by atoms with Crippen LogP contribution in [0.3, 0.4) is 0 Å². The van der Waals surface area contributed by atoms with Crippen LogP contribution in [0.4, 0.5) is 5.82 Å². The summed E-state index contributed by atoms with van der Waals surface area (Å²) in [7, 11) is -1.44. The molecule has 0 N–H and O–H groups in total. The first kappa shape index (κ1) is 17.5. The van der Waals surface area contributed by atoms with Gasteiger partial charge in [0.25, 0.3) is 0 Å². The van der Waals surface area contributed by atoms with E-state index < -0.39 is 10.0 Å². The zero-order valence-electron chi connectivity index (χ0n) is 13.8. The van der Waals surface area contributed by atoms with Crippen molar-refractivity contribution in [3.8, 4) is 6.07 Å². The normalized spacial score (nSPS) is 19.5. The van der Waals surface area contributed by atoms with Crippen molar-refractivity contribution in [1.82, 2.24) is 14.3 Å².